The van der Waals surface area contributed by atoms with Crippen LogP contribution in [0.25, 0.3) is 22.4 Å². The van der Waals surface area contributed by atoms with Gasteiger partial charge < -0.3 is 15.6 Å². The molecule has 2 amide bonds. The Morgan fingerprint density at radius 3 is 2.24 bits per heavy atom. The van der Waals surface area contributed by atoms with Crippen molar-refractivity contribution in [1.82, 2.24) is 9.97 Å². The Labute approximate surface area is 194 Å². The molecule has 0 bridgehead atoms. The summed E-state index contributed by atoms with van der Waals surface area (Å²) in [6.07, 6.45) is 0. The molecule has 0 fully saturated rings. The first-order valence-electron chi connectivity index (χ1n) is 10.4. The maximum Gasteiger partial charge on any atom is 0.256 e. The molecule has 6 nitrogen and oxygen atoms in total. The van der Waals surface area contributed by atoms with Crippen molar-refractivity contribution in [3.05, 3.63) is 100 Å². The number of amides is 2. The first-order chi connectivity index (χ1) is 16.0. The number of nitrogens with zero attached hydrogens (tertiary/aromatic N) is 1. The van der Waals surface area contributed by atoms with Gasteiger partial charge in [-0.15, -0.1) is 0 Å². The maximum atomic E-state index is 12.4. The average molecular weight is 453 g/mol. The molecule has 2 heterocycles. The smallest absolute Gasteiger partial charge is 0.256 e. The molecule has 0 saturated heterocycles. The monoisotopic (exact) mass is 452 g/mol. The Balaban J connectivity index is 1.31. The molecule has 3 N–H and O–H groups in total. The van der Waals surface area contributed by atoms with Gasteiger partial charge in [0.15, 0.2) is 0 Å². The molecule has 0 aliphatic rings. The van der Waals surface area contributed by atoms with Gasteiger partial charge in [-0.05, 0) is 73.0 Å². The molecule has 7 heteroatoms. The van der Waals surface area contributed by atoms with Gasteiger partial charge in [0.25, 0.3) is 11.8 Å². The van der Waals surface area contributed by atoms with Crippen LogP contribution in [-0.2, 0) is 0 Å². The number of aromatic nitrogens is 2. The summed E-state index contributed by atoms with van der Waals surface area (Å²) in [5, 5.41) is 9.51. The highest BCUT2D eigenvalue weighted by Gasteiger charge is 2.10. The number of H-pyrrole nitrogens is 1. The van der Waals surface area contributed by atoms with Gasteiger partial charge in [-0.2, -0.15) is 11.3 Å². The lowest BCUT2D eigenvalue weighted by Crippen LogP contribution is -2.11. The molecule has 3 aromatic carbocycles. The highest BCUT2D eigenvalue weighted by Crippen LogP contribution is 2.25. The summed E-state index contributed by atoms with van der Waals surface area (Å²) in [5.41, 5.74) is 6.29. The minimum atomic E-state index is -0.150. The summed E-state index contributed by atoms with van der Waals surface area (Å²) in [6, 6.07) is 22.3. The lowest BCUT2D eigenvalue weighted by atomic mass is 10.1. The van der Waals surface area contributed by atoms with Crippen molar-refractivity contribution in [2.75, 3.05) is 10.6 Å². The number of aromatic amines is 1. The topological polar surface area (TPSA) is 86.9 Å². The number of fused-ring (bicyclic) bond motifs is 1. The summed E-state index contributed by atoms with van der Waals surface area (Å²) >= 11 is 1.49. The van der Waals surface area contributed by atoms with Crippen molar-refractivity contribution in [3.8, 4) is 11.4 Å². The number of rotatable bonds is 5. The Bertz CT molecular complexity index is 1440. The zero-order chi connectivity index (χ0) is 22.8. The largest absolute Gasteiger partial charge is 0.338 e. The van der Waals surface area contributed by atoms with Gasteiger partial charge in [0.1, 0.15) is 5.82 Å². The molecule has 0 radical (unpaired) electrons. The van der Waals surface area contributed by atoms with Gasteiger partial charge in [0.05, 0.1) is 16.6 Å². The molecule has 0 spiro atoms. The lowest BCUT2D eigenvalue weighted by Gasteiger charge is -2.06. The second-order valence-corrected chi connectivity index (χ2v) is 8.46. The molecule has 0 aliphatic heterocycles. The van der Waals surface area contributed by atoms with Crippen molar-refractivity contribution in [2.45, 2.75) is 6.92 Å². The van der Waals surface area contributed by atoms with Crippen molar-refractivity contribution in [2.24, 2.45) is 0 Å². The number of carbonyl (C=O) groups excluding carboxylic acids is 2. The summed E-state index contributed by atoms with van der Waals surface area (Å²) in [6.45, 7) is 1.99. The van der Waals surface area contributed by atoms with Gasteiger partial charge in [0.2, 0.25) is 0 Å². The Hall–Kier alpha value is -4.23. The van der Waals surface area contributed by atoms with Crippen molar-refractivity contribution in [3.63, 3.8) is 0 Å². The summed E-state index contributed by atoms with van der Waals surface area (Å²) in [5.74, 6) is 0.421. The van der Waals surface area contributed by atoms with Gasteiger partial charge in [-0.3, -0.25) is 9.59 Å². The van der Waals surface area contributed by atoms with Crippen LogP contribution < -0.4 is 10.6 Å². The van der Waals surface area contributed by atoms with E-state index < -0.39 is 0 Å². The van der Waals surface area contributed by atoms with Crippen LogP contribution >= 0.6 is 11.3 Å². The number of thiophene rings is 1. The minimum Gasteiger partial charge on any atom is -0.338 e. The van der Waals surface area contributed by atoms with Crippen LogP contribution in [0.4, 0.5) is 11.4 Å². The molecule has 5 aromatic rings. The molecule has 2 aromatic heterocycles. The third kappa shape index (κ3) is 4.53. The van der Waals surface area contributed by atoms with Gasteiger partial charge in [-0.25, -0.2) is 4.98 Å². The molecule has 33 heavy (non-hydrogen) atoms. The van der Waals surface area contributed by atoms with Crippen molar-refractivity contribution in [1.29, 1.82) is 0 Å². The third-order valence-electron chi connectivity index (χ3n) is 5.25. The molecular weight excluding hydrogens is 432 g/mol. The molecule has 162 valence electrons. The molecule has 0 saturated carbocycles. The Morgan fingerprint density at radius 2 is 1.52 bits per heavy atom. The van der Waals surface area contributed by atoms with Crippen LogP contribution in [0.3, 0.4) is 0 Å². The van der Waals surface area contributed by atoms with Crippen molar-refractivity contribution < 1.29 is 9.59 Å². The molecule has 0 atom stereocenters. The Kier molecular flexibility index (Phi) is 5.46. The third-order valence-corrected chi connectivity index (χ3v) is 5.94. The quantitative estimate of drug-likeness (QED) is 0.301. The number of carbonyl (C=O) groups is 2. The van der Waals surface area contributed by atoms with Crippen molar-refractivity contribution >= 4 is 45.6 Å². The first kappa shape index (κ1) is 20.7. The van der Waals surface area contributed by atoms with Gasteiger partial charge in [-0.1, -0.05) is 17.7 Å². The minimum absolute atomic E-state index is 0.140. The van der Waals surface area contributed by atoms with E-state index >= 15 is 0 Å². The highest BCUT2D eigenvalue weighted by molar-refractivity contribution is 7.08. The normalized spacial score (nSPS) is 10.8. The fourth-order valence-electron chi connectivity index (χ4n) is 3.44. The second-order valence-electron chi connectivity index (χ2n) is 7.68. The maximum absolute atomic E-state index is 12.4. The standard InChI is InChI=1S/C26H20N4O2S/c1-16-2-4-18(5-3-16)25(31)27-20-8-6-17(7-9-20)24-29-22-11-10-21(14-23(22)30-24)28-26(32)19-12-13-33-15-19/h2-15H,1H3,(H,27,31)(H,28,32)(H,29,30). The zero-order valence-electron chi connectivity index (χ0n) is 17.8. The van der Waals surface area contributed by atoms with E-state index in [0.717, 1.165) is 22.2 Å². The number of anilines is 2. The molecule has 0 unspecified atom stereocenters. The van der Waals surface area contributed by atoms with Crippen LogP contribution in [0.5, 0.6) is 0 Å². The SMILES string of the molecule is Cc1ccc(C(=O)Nc2ccc(-c3nc4ccc(NC(=O)c5ccsc5)cc4[nH]3)cc2)cc1. The van der Waals surface area contributed by atoms with Gasteiger partial charge in [0, 0.05) is 27.9 Å². The number of nitrogens with one attached hydrogen (secondary N) is 3. The summed E-state index contributed by atoms with van der Waals surface area (Å²) in [7, 11) is 0. The van der Waals surface area contributed by atoms with E-state index in [0.29, 0.717) is 28.3 Å². The van der Waals surface area contributed by atoms with E-state index in [1.165, 1.54) is 11.3 Å². The van der Waals surface area contributed by atoms with Crippen LogP contribution in [-0.4, -0.2) is 21.8 Å². The number of aryl methyl sites for hydroxylation is 1. The average Bonchev–Trinajstić information content (AvgIpc) is 3.50. The Morgan fingerprint density at radius 1 is 0.818 bits per heavy atom. The van der Waals surface area contributed by atoms with Crippen LogP contribution in [0.2, 0.25) is 0 Å². The fourth-order valence-corrected chi connectivity index (χ4v) is 4.08. The molecule has 0 aliphatic carbocycles. The van der Waals surface area contributed by atoms with E-state index in [1.54, 1.807) is 6.07 Å². The van der Waals surface area contributed by atoms with E-state index in [-0.39, 0.29) is 11.8 Å². The number of imidazole rings is 1. The number of benzene rings is 3. The van der Waals surface area contributed by atoms with Crippen LogP contribution in [0.15, 0.2) is 83.6 Å². The summed E-state index contributed by atoms with van der Waals surface area (Å²) in [4.78, 5) is 32.7. The van der Waals surface area contributed by atoms with E-state index in [4.69, 9.17) is 0 Å². The second kappa shape index (κ2) is 8.72. The zero-order valence-corrected chi connectivity index (χ0v) is 18.6. The van der Waals surface area contributed by atoms with Gasteiger partial charge >= 0.3 is 0 Å². The van der Waals surface area contributed by atoms with Crippen LogP contribution in [0.1, 0.15) is 26.3 Å². The molecular formula is C26H20N4O2S. The fraction of sp³-hybridized carbons (Fsp3) is 0.0385. The highest BCUT2D eigenvalue weighted by atomic mass is 32.1. The number of hydrogen-bond donors (Lipinski definition) is 3. The lowest BCUT2D eigenvalue weighted by molar-refractivity contribution is 0.101. The van der Waals surface area contributed by atoms with E-state index in [2.05, 4.69) is 20.6 Å². The van der Waals surface area contributed by atoms with E-state index in [9.17, 15) is 9.59 Å². The number of hydrogen-bond acceptors (Lipinski definition) is 4. The summed E-state index contributed by atoms with van der Waals surface area (Å²) < 4.78 is 0. The molecule has 5 rings (SSSR count). The predicted molar refractivity (Wildman–Crippen MR) is 133 cm³/mol. The van der Waals surface area contributed by atoms with E-state index in [1.807, 2.05) is 84.4 Å². The predicted octanol–water partition coefficient (Wildman–Crippen LogP) is 6.10. The van der Waals surface area contributed by atoms with Crippen LogP contribution in [0, 0.1) is 6.92 Å². The first-order valence-corrected chi connectivity index (χ1v) is 11.3.